The van der Waals surface area contributed by atoms with E-state index in [9.17, 15) is 4.79 Å². The van der Waals surface area contributed by atoms with Gasteiger partial charge >= 0.3 is 0 Å². The Morgan fingerprint density at radius 3 is 2.48 bits per heavy atom. The molecule has 0 aromatic heterocycles. The highest BCUT2D eigenvalue weighted by Gasteiger charge is 2.19. The number of carbonyl (C=O) groups is 1. The van der Waals surface area contributed by atoms with Crippen molar-refractivity contribution < 1.29 is 4.79 Å². The van der Waals surface area contributed by atoms with E-state index in [1.165, 1.54) is 0 Å². The van der Waals surface area contributed by atoms with Gasteiger partial charge in [-0.1, -0.05) is 71.7 Å². The average molecular weight is 476 g/mol. The summed E-state index contributed by atoms with van der Waals surface area (Å²) in [6.07, 6.45) is 0. The van der Waals surface area contributed by atoms with Gasteiger partial charge in [0.2, 0.25) is 0 Å². The SMILES string of the molecule is O=C(Nc1cc(-c2ccc(Cl)cc2Cl)ccc1N1CCNCC1)c1cccc2ccccc12. The van der Waals surface area contributed by atoms with Crippen LogP contribution in [0.4, 0.5) is 11.4 Å². The molecule has 4 aromatic rings. The summed E-state index contributed by atoms with van der Waals surface area (Å²) < 4.78 is 0. The molecular formula is C27H23Cl2N3O. The predicted octanol–water partition coefficient (Wildman–Crippen LogP) is 6.48. The number of anilines is 2. The molecule has 1 saturated heterocycles. The second-order valence-electron chi connectivity index (χ2n) is 8.07. The molecule has 1 heterocycles. The van der Waals surface area contributed by atoms with Crippen molar-refractivity contribution in [2.45, 2.75) is 0 Å². The van der Waals surface area contributed by atoms with Crippen molar-refractivity contribution in [3.8, 4) is 11.1 Å². The topological polar surface area (TPSA) is 44.4 Å². The first-order chi connectivity index (χ1) is 16.1. The molecule has 1 aliphatic rings. The fourth-order valence-electron chi connectivity index (χ4n) is 4.32. The number of carbonyl (C=O) groups excluding carboxylic acids is 1. The molecule has 0 spiro atoms. The van der Waals surface area contributed by atoms with Crippen LogP contribution in [-0.2, 0) is 0 Å². The van der Waals surface area contributed by atoms with E-state index in [1.807, 2.05) is 66.7 Å². The van der Waals surface area contributed by atoms with Gasteiger partial charge in [0.1, 0.15) is 0 Å². The molecule has 2 N–H and O–H groups in total. The maximum Gasteiger partial charge on any atom is 0.256 e. The summed E-state index contributed by atoms with van der Waals surface area (Å²) in [7, 11) is 0. The Balaban J connectivity index is 1.56. The Morgan fingerprint density at radius 2 is 1.67 bits per heavy atom. The zero-order valence-corrected chi connectivity index (χ0v) is 19.5. The smallest absolute Gasteiger partial charge is 0.256 e. The Morgan fingerprint density at radius 1 is 0.879 bits per heavy atom. The standard InChI is InChI=1S/C27H23Cl2N3O/c28-20-9-10-22(24(29)17-20)19-8-11-26(32-14-12-30-13-15-32)25(16-19)31-27(33)23-7-3-5-18-4-1-2-6-21(18)23/h1-11,16-17,30H,12-15H2,(H,31,33). The van der Waals surface area contributed by atoms with Gasteiger partial charge < -0.3 is 15.5 Å². The minimum Gasteiger partial charge on any atom is -0.367 e. The maximum atomic E-state index is 13.4. The third-order valence-electron chi connectivity index (χ3n) is 5.98. The van der Waals surface area contributed by atoms with Crippen LogP contribution >= 0.6 is 23.2 Å². The Labute approximate surface area is 203 Å². The Kier molecular flexibility index (Phi) is 6.23. The molecule has 4 nitrogen and oxygen atoms in total. The van der Waals surface area contributed by atoms with E-state index in [1.54, 1.807) is 6.07 Å². The fraction of sp³-hybridized carbons (Fsp3) is 0.148. The first-order valence-electron chi connectivity index (χ1n) is 10.9. The number of benzene rings is 4. The Hall–Kier alpha value is -3.05. The number of nitrogens with one attached hydrogen (secondary N) is 2. The van der Waals surface area contributed by atoms with Gasteiger partial charge in [-0.2, -0.15) is 0 Å². The number of fused-ring (bicyclic) bond motifs is 1. The van der Waals surface area contributed by atoms with Crippen molar-refractivity contribution in [3.05, 3.63) is 94.5 Å². The molecule has 1 fully saturated rings. The predicted molar refractivity (Wildman–Crippen MR) is 139 cm³/mol. The quantitative estimate of drug-likeness (QED) is 0.355. The van der Waals surface area contributed by atoms with Crippen LogP contribution in [0.3, 0.4) is 0 Å². The number of hydrogen-bond acceptors (Lipinski definition) is 3. The Bertz CT molecular complexity index is 1330. The third kappa shape index (κ3) is 4.55. The number of hydrogen-bond donors (Lipinski definition) is 2. The van der Waals surface area contributed by atoms with Crippen molar-refractivity contribution >= 4 is 51.3 Å². The largest absolute Gasteiger partial charge is 0.367 e. The van der Waals surface area contributed by atoms with Crippen molar-refractivity contribution in [2.75, 3.05) is 36.4 Å². The van der Waals surface area contributed by atoms with Crippen LogP contribution in [0.5, 0.6) is 0 Å². The van der Waals surface area contributed by atoms with Gasteiger partial charge in [-0.25, -0.2) is 0 Å². The van der Waals surface area contributed by atoms with Crippen LogP contribution < -0.4 is 15.5 Å². The maximum absolute atomic E-state index is 13.4. The monoisotopic (exact) mass is 475 g/mol. The molecule has 0 aliphatic carbocycles. The molecule has 5 rings (SSSR count). The summed E-state index contributed by atoms with van der Waals surface area (Å²) in [5, 5.41) is 9.70. The lowest BCUT2D eigenvalue weighted by Crippen LogP contribution is -2.43. The third-order valence-corrected chi connectivity index (χ3v) is 6.53. The summed E-state index contributed by atoms with van der Waals surface area (Å²) in [5.41, 5.74) is 4.20. The molecule has 1 aliphatic heterocycles. The highest BCUT2D eigenvalue weighted by Crippen LogP contribution is 2.36. The highest BCUT2D eigenvalue weighted by molar-refractivity contribution is 6.36. The minimum absolute atomic E-state index is 0.137. The second-order valence-corrected chi connectivity index (χ2v) is 8.92. The molecule has 4 aromatic carbocycles. The van der Waals surface area contributed by atoms with Crippen molar-refractivity contribution in [1.82, 2.24) is 5.32 Å². The van der Waals surface area contributed by atoms with E-state index in [-0.39, 0.29) is 5.91 Å². The normalized spacial score (nSPS) is 13.8. The fourth-order valence-corrected chi connectivity index (χ4v) is 4.84. The van der Waals surface area contributed by atoms with E-state index < -0.39 is 0 Å². The molecular weight excluding hydrogens is 453 g/mol. The lowest BCUT2D eigenvalue weighted by molar-refractivity contribution is 0.102. The van der Waals surface area contributed by atoms with Crippen LogP contribution in [0.2, 0.25) is 10.0 Å². The molecule has 0 unspecified atom stereocenters. The molecule has 1 amide bonds. The summed E-state index contributed by atoms with van der Waals surface area (Å²) in [6.45, 7) is 3.55. The molecule has 33 heavy (non-hydrogen) atoms. The van der Waals surface area contributed by atoms with E-state index >= 15 is 0 Å². The number of amides is 1. The molecule has 166 valence electrons. The van der Waals surface area contributed by atoms with Gasteiger partial charge in [0.15, 0.2) is 0 Å². The van der Waals surface area contributed by atoms with Crippen LogP contribution in [0.1, 0.15) is 10.4 Å². The van der Waals surface area contributed by atoms with E-state index in [2.05, 4.69) is 21.6 Å². The van der Waals surface area contributed by atoms with Gasteiger partial charge in [0.05, 0.1) is 11.4 Å². The molecule has 0 radical (unpaired) electrons. The molecule has 0 saturated carbocycles. The lowest BCUT2D eigenvalue weighted by Gasteiger charge is -2.31. The summed E-state index contributed by atoms with van der Waals surface area (Å²) in [6, 6.07) is 25.3. The number of rotatable bonds is 4. The van der Waals surface area contributed by atoms with Gasteiger partial charge in [-0.3, -0.25) is 4.79 Å². The number of nitrogens with zero attached hydrogens (tertiary/aromatic N) is 1. The van der Waals surface area contributed by atoms with E-state index in [4.69, 9.17) is 23.2 Å². The number of piperazine rings is 1. The summed E-state index contributed by atoms with van der Waals surface area (Å²) in [5.74, 6) is -0.137. The summed E-state index contributed by atoms with van der Waals surface area (Å²) >= 11 is 12.6. The van der Waals surface area contributed by atoms with Crippen LogP contribution in [-0.4, -0.2) is 32.1 Å². The average Bonchev–Trinajstić information content (AvgIpc) is 2.84. The zero-order chi connectivity index (χ0) is 22.8. The van der Waals surface area contributed by atoms with Crippen molar-refractivity contribution in [3.63, 3.8) is 0 Å². The van der Waals surface area contributed by atoms with E-state index in [0.29, 0.717) is 15.6 Å². The summed E-state index contributed by atoms with van der Waals surface area (Å²) in [4.78, 5) is 15.7. The first-order valence-corrected chi connectivity index (χ1v) is 11.7. The van der Waals surface area contributed by atoms with Gasteiger partial charge in [0.25, 0.3) is 5.91 Å². The molecule has 0 atom stereocenters. The highest BCUT2D eigenvalue weighted by atomic mass is 35.5. The molecule has 6 heteroatoms. The zero-order valence-electron chi connectivity index (χ0n) is 17.9. The van der Waals surface area contributed by atoms with Crippen molar-refractivity contribution in [2.24, 2.45) is 0 Å². The van der Waals surface area contributed by atoms with E-state index in [0.717, 1.165) is 59.5 Å². The molecule has 0 bridgehead atoms. The van der Waals surface area contributed by atoms with Gasteiger partial charge in [0, 0.05) is 47.4 Å². The van der Waals surface area contributed by atoms with Gasteiger partial charge in [-0.05, 0) is 46.7 Å². The lowest BCUT2D eigenvalue weighted by atomic mass is 10.0. The van der Waals surface area contributed by atoms with Crippen LogP contribution in [0, 0.1) is 0 Å². The van der Waals surface area contributed by atoms with Gasteiger partial charge in [-0.15, -0.1) is 0 Å². The van der Waals surface area contributed by atoms with Crippen molar-refractivity contribution in [1.29, 1.82) is 0 Å². The minimum atomic E-state index is -0.137. The first kappa shape index (κ1) is 21.8. The number of halogens is 2. The van der Waals surface area contributed by atoms with Crippen LogP contribution in [0.25, 0.3) is 21.9 Å². The van der Waals surface area contributed by atoms with Crippen LogP contribution in [0.15, 0.2) is 78.9 Å². The second kappa shape index (κ2) is 9.44.